The SMILES string of the molecule is Cc1ccc(S(=O)(=O)Nc2ccc(Nc3cccc(Cl)c3)cc2)s1. The van der Waals surface area contributed by atoms with Crippen LogP contribution in [-0.2, 0) is 10.0 Å². The van der Waals surface area contributed by atoms with Crippen LogP contribution >= 0.6 is 22.9 Å². The highest BCUT2D eigenvalue weighted by Crippen LogP contribution is 2.25. The monoisotopic (exact) mass is 378 g/mol. The lowest BCUT2D eigenvalue weighted by Gasteiger charge is -2.09. The fraction of sp³-hybridized carbons (Fsp3) is 0.0588. The summed E-state index contributed by atoms with van der Waals surface area (Å²) in [6.45, 7) is 1.87. The maximum absolute atomic E-state index is 12.3. The second kappa shape index (κ2) is 6.84. The largest absolute Gasteiger partial charge is 0.355 e. The zero-order valence-corrected chi connectivity index (χ0v) is 15.2. The lowest BCUT2D eigenvalue weighted by Crippen LogP contribution is -2.11. The number of hydrogen-bond acceptors (Lipinski definition) is 4. The summed E-state index contributed by atoms with van der Waals surface area (Å²) in [7, 11) is -3.54. The smallest absolute Gasteiger partial charge is 0.271 e. The van der Waals surface area contributed by atoms with Crippen molar-refractivity contribution in [3.05, 3.63) is 70.6 Å². The summed E-state index contributed by atoms with van der Waals surface area (Å²) in [5.41, 5.74) is 2.22. The van der Waals surface area contributed by atoms with Crippen molar-refractivity contribution in [2.75, 3.05) is 10.0 Å². The summed E-state index contributed by atoms with van der Waals surface area (Å²) < 4.78 is 27.5. The van der Waals surface area contributed by atoms with Gasteiger partial charge in [-0.25, -0.2) is 8.42 Å². The van der Waals surface area contributed by atoms with Crippen molar-refractivity contribution in [2.24, 2.45) is 0 Å². The Labute approximate surface area is 150 Å². The second-order valence-corrected chi connectivity index (χ2v) is 8.82. The number of nitrogens with one attached hydrogen (secondary N) is 2. The molecule has 4 nitrogen and oxygen atoms in total. The van der Waals surface area contributed by atoms with Crippen LogP contribution in [0.1, 0.15) is 4.88 Å². The van der Waals surface area contributed by atoms with E-state index in [2.05, 4.69) is 10.0 Å². The number of thiophene rings is 1. The van der Waals surface area contributed by atoms with Crippen LogP contribution in [0.4, 0.5) is 17.1 Å². The summed E-state index contributed by atoms with van der Waals surface area (Å²) in [4.78, 5) is 0.955. The predicted octanol–water partition coefficient (Wildman–Crippen LogP) is 5.25. The molecule has 0 unspecified atom stereocenters. The summed E-state index contributed by atoms with van der Waals surface area (Å²) in [6, 6.07) is 17.8. The van der Waals surface area contributed by atoms with Crippen LogP contribution in [0.3, 0.4) is 0 Å². The predicted molar refractivity (Wildman–Crippen MR) is 101 cm³/mol. The minimum Gasteiger partial charge on any atom is -0.355 e. The molecule has 0 saturated carbocycles. The van der Waals surface area contributed by atoms with Crippen molar-refractivity contribution in [3.8, 4) is 0 Å². The maximum Gasteiger partial charge on any atom is 0.271 e. The number of sulfonamides is 1. The molecule has 1 heterocycles. The molecule has 124 valence electrons. The summed E-state index contributed by atoms with van der Waals surface area (Å²) in [5, 5.41) is 3.86. The molecule has 0 radical (unpaired) electrons. The van der Waals surface area contributed by atoms with E-state index in [4.69, 9.17) is 11.6 Å². The Morgan fingerprint density at radius 2 is 1.62 bits per heavy atom. The number of hydrogen-bond donors (Lipinski definition) is 2. The molecule has 3 rings (SSSR count). The molecule has 0 aliphatic rings. The zero-order valence-electron chi connectivity index (χ0n) is 12.8. The Morgan fingerprint density at radius 3 is 2.25 bits per heavy atom. The van der Waals surface area contributed by atoms with Crippen LogP contribution in [0.15, 0.2) is 64.9 Å². The molecule has 0 saturated heterocycles. The van der Waals surface area contributed by atoms with Gasteiger partial charge in [0.1, 0.15) is 4.21 Å². The molecule has 0 amide bonds. The van der Waals surface area contributed by atoms with E-state index in [0.717, 1.165) is 16.3 Å². The molecule has 0 atom stereocenters. The summed E-state index contributed by atoms with van der Waals surface area (Å²) in [6.07, 6.45) is 0. The third-order valence-electron chi connectivity index (χ3n) is 3.23. The molecule has 3 aromatic rings. The van der Waals surface area contributed by atoms with E-state index in [1.54, 1.807) is 42.5 Å². The van der Waals surface area contributed by atoms with E-state index < -0.39 is 10.0 Å². The molecule has 0 aliphatic heterocycles. The average molecular weight is 379 g/mol. The minimum absolute atomic E-state index is 0.307. The second-order valence-electron chi connectivity index (χ2n) is 5.18. The van der Waals surface area contributed by atoms with Crippen molar-refractivity contribution >= 4 is 50.0 Å². The van der Waals surface area contributed by atoms with Gasteiger partial charge in [0.05, 0.1) is 0 Å². The van der Waals surface area contributed by atoms with E-state index in [-0.39, 0.29) is 0 Å². The van der Waals surface area contributed by atoms with Crippen molar-refractivity contribution in [3.63, 3.8) is 0 Å². The van der Waals surface area contributed by atoms with Gasteiger partial charge in [-0.2, -0.15) is 0 Å². The molecule has 7 heteroatoms. The van der Waals surface area contributed by atoms with Crippen molar-refractivity contribution in [1.29, 1.82) is 0 Å². The lowest BCUT2D eigenvalue weighted by atomic mass is 10.2. The van der Waals surface area contributed by atoms with E-state index in [9.17, 15) is 8.42 Å². The van der Waals surface area contributed by atoms with Gasteiger partial charge in [0, 0.05) is 27.0 Å². The van der Waals surface area contributed by atoms with Gasteiger partial charge in [0.2, 0.25) is 0 Å². The normalized spacial score (nSPS) is 11.2. The number of rotatable bonds is 5. The molecular formula is C17H15ClN2O2S2. The van der Waals surface area contributed by atoms with Gasteiger partial charge in [-0.3, -0.25) is 4.72 Å². The first-order chi connectivity index (χ1) is 11.4. The van der Waals surface area contributed by atoms with Gasteiger partial charge < -0.3 is 5.32 Å². The number of aryl methyl sites for hydroxylation is 1. The van der Waals surface area contributed by atoms with Crippen molar-refractivity contribution in [1.82, 2.24) is 0 Å². The molecule has 0 spiro atoms. The molecule has 2 N–H and O–H groups in total. The van der Waals surface area contributed by atoms with Crippen LogP contribution in [0.2, 0.25) is 5.02 Å². The number of halogens is 1. The molecule has 24 heavy (non-hydrogen) atoms. The lowest BCUT2D eigenvalue weighted by molar-refractivity contribution is 0.603. The van der Waals surface area contributed by atoms with Crippen LogP contribution in [0.25, 0.3) is 0 Å². The highest BCUT2D eigenvalue weighted by Gasteiger charge is 2.16. The summed E-state index contributed by atoms with van der Waals surface area (Å²) >= 11 is 7.20. The Hall–Kier alpha value is -2.02. The van der Waals surface area contributed by atoms with E-state index in [1.807, 2.05) is 25.1 Å². The first-order valence-electron chi connectivity index (χ1n) is 7.14. The van der Waals surface area contributed by atoms with Gasteiger partial charge in [-0.15, -0.1) is 11.3 Å². The van der Waals surface area contributed by atoms with Crippen molar-refractivity contribution in [2.45, 2.75) is 11.1 Å². The molecule has 0 bridgehead atoms. The summed E-state index contributed by atoms with van der Waals surface area (Å²) in [5.74, 6) is 0. The van der Waals surface area contributed by atoms with E-state index in [1.165, 1.54) is 11.3 Å². The van der Waals surface area contributed by atoms with Gasteiger partial charge >= 0.3 is 0 Å². The van der Waals surface area contributed by atoms with E-state index in [0.29, 0.717) is 14.9 Å². The first-order valence-corrected chi connectivity index (χ1v) is 9.82. The maximum atomic E-state index is 12.3. The highest BCUT2D eigenvalue weighted by atomic mass is 35.5. The van der Waals surface area contributed by atoms with Crippen LogP contribution in [0, 0.1) is 6.92 Å². The van der Waals surface area contributed by atoms with E-state index >= 15 is 0 Å². The van der Waals surface area contributed by atoms with Gasteiger partial charge in [0.25, 0.3) is 10.0 Å². The van der Waals surface area contributed by atoms with Crippen LogP contribution in [0.5, 0.6) is 0 Å². The number of anilines is 3. The quantitative estimate of drug-likeness (QED) is 0.637. The Balaban J connectivity index is 1.73. The van der Waals surface area contributed by atoms with Crippen LogP contribution < -0.4 is 10.0 Å². The molecule has 2 aromatic carbocycles. The van der Waals surface area contributed by atoms with Crippen molar-refractivity contribution < 1.29 is 8.42 Å². The molecule has 0 aliphatic carbocycles. The highest BCUT2D eigenvalue weighted by molar-refractivity contribution is 7.94. The molecular weight excluding hydrogens is 364 g/mol. The molecule has 1 aromatic heterocycles. The first kappa shape index (κ1) is 16.8. The Bertz CT molecular complexity index is 951. The minimum atomic E-state index is -3.54. The van der Waals surface area contributed by atoms with Crippen LogP contribution in [-0.4, -0.2) is 8.42 Å². The standard InChI is InChI=1S/C17H15ClN2O2S2/c1-12-5-10-17(23-12)24(21,22)20-15-8-6-14(7-9-15)19-16-4-2-3-13(18)11-16/h2-11,19-20H,1H3. The topological polar surface area (TPSA) is 58.2 Å². The third kappa shape index (κ3) is 4.08. The molecule has 0 fully saturated rings. The fourth-order valence-corrected chi connectivity index (χ4v) is 4.65. The Morgan fingerprint density at radius 1 is 0.917 bits per heavy atom. The fourth-order valence-electron chi connectivity index (χ4n) is 2.12. The van der Waals surface area contributed by atoms with Gasteiger partial charge in [-0.05, 0) is 61.5 Å². The third-order valence-corrected chi connectivity index (χ3v) is 6.34. The van der Waals surface area contributed by atoms with Gasteiger partial charge in [-0.1, -0.05) is 17.7 Å². The van der Waals surface area contributed by atoms with Gasteiger partial charge in [0.15, 0.2) is 0 Å². The Kier molecular flexibility index (Phi) is 4.80. The average Bonchev–Trinajstić information content (AvgIpc) is 2.97. The zero-order chi connectivity index (χ0) is 17.2. The number of benzene rings is 2.